The summed E-state index contributed by atoms with van der Waals surface area (Å²) in [5, 5.41) is 0. The van der Waals surface area contributed by atoms with Crippen LogP contribution < -0.4 is 4.74 Å². The van der Waals surface area contributed by atoms with Gasteiger partial charge in [-0.05, 0) is 33.0 Å². The van der Waals surface area contributed by atoms with Crippen LogP contribution in [0.5, 0.6) is 5.88 Å². The SMILES string of the molecule is CC(=O)Oc1cnc(C2CCN(C)CC2)cn1. The first-order valence-electron chi connectivity index (χ1n) is 5.84. The Balaban J connectivity index is 2.00. The molecule has 2 rings (SSSR count). The van der Waals surface area contributed by atoms with Crippen LogP contribution in [0.2, 0.25) is 0 Å². The van der Waals surface area contributed by atoms with Crippen molar-refractivity contribution >= 4 is 5.97 Å². The second kappa shape index (κ2) is 5.23. The first-order chi connectivity index (χ1) is 8.15. The van der Waals surface area contributed by atoms with Gasteiger partial charge in [0, 0.05) is 12.8 Å². The maximum atomic E-state index is 10.7. The highest BCUT2D eigenvalue weighted by molar-refractivity contribution is 5.68. The molecule has 1 saturated heterocycles. The van der Waals surface area contributed by atoms with Crippen molar-refractivity contribution in [1.29, 1.82) is 0 Å². The summed E-state index contributed by atoms with van der Waals surface area (Å²) >= 11 is 0. The summed E-state index contributed by atoms with van der Waals surface area (Å²) < 4.78 is 4.85. The van der Waals surface area contributed by atoms with E-state index in [2.05, 4.69) is 21.9 Å². The Morgan fingerprint density at radius 3 is 2.59 bits per heavy atom. The Hall–Kier alpha value is -1.49. The molecular weight excluding hydrogens is 218 g/mol. The topological polar surface area (TPSA) is 55.3 Å². The fourth-order valence-corrected chi connectivity index (χ4v) is 2.04. The van der Waals surface area contributed by atoms with Crippen molar-refractivity contribution in [2.75, 3.05) is 20.1 Å². The van der Waals surface area contributed by atoms with Crippen molar-refractivity contribution in [1.82, 2.24) is 14.9 Å². The Labute approximate surface area is 101 Å². The van der Waals surface area contributed by atoms with E-state index in [1.165, 1.54) is 13.1 Å². The molecule has 1 aliphatic rings. The average Bonchev–Trinajstić information content (AvgIpc) is 2.30. The summed E-state index contributed by atoms with van der Waals surface area (Å²) in [6, 6.07) is 0. The van der Waals surface area contributed by atoms with Gasteiger partial charge in [-0.1, -0.05) is 0 Å². The molecule has 0 aliphatic carbocycles. The normalized spacial score (nSPS) is 18.0. The highest BCUT2D eigenvalue weighted by Gasteiger charge is 2.19. The molecule has 1 aliphatic heterocycles. The van der Waals surface area contributed by atoms with Gasteiger partial charge in [0.25, 0.3) is 0 Å². The molecule has 0 aromatic carbocycles. The standard InChI is InChI=1S/C12H17N3O2/c1-9(16)17-12-8-13-11(7-14-12)10-3-5-15(2)6-4-10/h7-8,10H,3-6H2,1-2H3. The third-order valence-electron chi connectivity index (χ3n) is 3.03. The molecule has 0 N–H and O–H groups in total. The first kappa shape index (κ1) is 12.0. The van der Waals surface area contributed by atoms with Crippen LogP contribution in [-0.2, 0) is 4.79 Å². The van der Waals surface area contributed by atoms with E-state index in [9.17, 15) is 4.79 Å². The lowest BCUT2D eigenvalue weighted by Crippen LogP contribution is -2.29. The lowest BCUT2D eigenvalue weighted by Gasteiger charge is -2.28. The molecule has 0 bridgehead atoms. The molecular formula is C12H17N3O2. The Bertz CT molecular complexity index is 383. The van der Waals surface area contributed by atoms with Gasteiger partial charge in [0.05, 0.1) is 18.1 Å². The van der Waals surface area contributed by atoms with Crippen molar-refractivity contribution in [3.63, 3.8) is 0 Å². The maximum Gasteiger partial charge on any atom is 0.309 e. The molecule has 0 unspecified atom stereocenters. The molecule has 1 aromatic heterocycles. The fraction of sp³-hybridized carbons (Fsp3) is 0.583. The molecule has 5 heteroatoms. The monoisotopic (exact) mass is 235 g/mol. The summed E-state index contributed by atoms with van der Waals surface area (Å²) in [5.41, 5.74) is 0.994. The average molecular weight is 235 g/mol. The van der Waals surface area contributed by atoms with Gasteiger partial charge in [-0.3, -0.25) is 9.78 Å². The number of carbonyl (C=O) groups is 1. The minimum absolute atomic E-state index is 0.272. The van der Waals surface area contributed by atoms with E-state index in [0.717, 1.165) is 31.6 Å². The van der Waals surface area contributed by atoms with E-state index >= 15 is 0 Å². The quantitative estimate of drug-likeness (QED) is 0.721. The van der Waals surface area contributed by atoms with Gasteiger partial charge in [0.2, 0.25) is 5.88 Å². The third kappa shape index (κ3) is 3.23. The van der Waals surface area contributed by atoms with Crippen molar-refractivity contribution in [2.45, 2.75) is 25.7 Å². The van der Waals surface area contributed by atoms with Gasteiger partial charge in [0.15, 0.2) is 0 Å². The van der Waals surface area contributed by atoms with Gasteiger partial charge in [0.1, 0.15) is 0 Å². The van der Waals surface area contributed by atoms with Gasteiger partial charge >= 0.3 is 5.97 Å². The summed E-state index contributed by atoms with van der Waals surface area (Å²) in [4.78, 5) is 21.5. The molecule has 1 aromatic rings. The molecule has 0 atom stereocenters. The molecule has 0 amide bonds. The van der Waals surface area contributed by atoms with Crippen LogP contribution in [0.25, 0.3) is 0 Å². The van der Waals surface area contributed by atoms with Crippen LogP contribution in [0.4, 0.5) is 0 Å². The van der Waals surface area contributed by atoms with Crippen LogP contribution in [0.1, 0.15) is 31.4 Å². The molecule has 5 nitrogen and oxygen atoms in total. The number of aromatic nitrogens is 2. The van der Waals surface area contributed by atoms with Gasteiger partial charge < -0.3 is 9.64 Å². The number of likely N-dealkylation sites (tertiary alicyclic amines) is 1. The second-order valence-corrected chi connectivity index (χ2v) is 4.45. The van der Waals surface area contributed by atoms with Crippen molar-refractivity contribution in [3.8, 4) is 5.88 Å². The minimum Gasteiger partial charge on any atom is -0.406 e. The fourth-order valence-electron chi connectivity index (χ4n) is 2.04. The zero-order chi connectivity index (χ0) is 12.3. The molecule has 92 valence electrons. The number of hydrogen-bond acceptors (Lipinski definition) is 5. The van der Waals surface area contributed by atoms with Gasteiger partial charge in [-0.25, -0.2) is 4.98 Å². The molecule has 0 saturated carbocycles. The molecule has 1 fully saturated rings. The second-order valence-electron chi connectivity index (χ2n) is 4.45. The number of ether oxygens (including phenoxy) is 1. The van der Waals surface area contributed by atoms with Crippen LogP contribution in [0, 0.1) is 0 Å². The van der Waals surface area contributed by atoms with Crippen LogP contribution in [0.3, 0.4) is 0 Å². The highest BCUT2D eigenvalue weighted by Crippen LogP contribution is 2.25. The molecule has 0 radical (unpaired) electrons. The van der Waals surface area contributed by atoms with Gasteiger partial charge in [-0.15, -0.1) is 0 Å². The molecule has 2 heterocycles. The summed E-state index contributed by atoms with van der Waals surface area (Å²) in [5.74, 6) is 0.380. The predicted molar refractivity (Wildman–Crippen MR) is 62.8 cm³/mol. The minimum atomic E-state index is -0.369. The van der Waals surface area contributed by atoms with E-state index in [1.54, 1.807) is 6.20 Å². The van der Waals surface area contributed by atoms with E-state index in [0.29, 0.717) is 5.92 Å². The Morgan fingerprint density at radius 1 is 1.35 bits per heavy atom. The first-order valence-corrected chi connectivity index (χ1v) is 5.84. The summed E-state index contributed by atoms with van der Waals surface area (Å²) in [7, 11) is 2.13. The van der Waals surface area contributed by atoms with Crippen molar-refractivity contribution < 1.29 is 9.53 Å². The maximum absolute atomic E-state index is 10.7. The zero-order valence-corrected chi connectivity index (χ0v) is 10.2. The number of esters is 1. The van der Waals surface area contributed by atoms with Crippen LogP contribution in [0.15, 0.2) is 12.4 Å². The summed E-state index contributed by atoms with van der Waals surface area (Å²) in [6.45, 7) is 3.54. The van der Waals surface area contributed by atoms with Crippen molar-refractivity contribution in [3.05, 3.63) is 18.1 Å². The summed E-state index contributed by atoms with van der Waals surface area (Å²) in [6.07, 6.45) is 5.46. The van der Waals surface area contributed by atoms with Crippen molar-refractivity contribution in [2.24, 2.45) is 0 Å². The van der Waals surface area contributed by atoms with Crippen LogP contribution in [-0.4, -0.2) is 41.0 Å². The largest absolute Gasteiger partial charge is 0.406 e. The number of piperidine rings is 1. The highest BCUT2D eigenvalue weighted by atomic mass is 16.5. The smallest absolute Gasteiger partial charge is 0.309 e. The van der Waals surface area contributed by atoms with E-state index in [-0.39, 0.29) is 11.8 Å². The molecule has 17 heavy (non-hydrogen) atoms. The lowest BCUT2D eigenvalue weighted by atomic mass is 9.94. The zero-order valence-electron chi connectivity index (χ0n) is 10.2. The molecule has 0 spiro atoms. The Kier molecular flexibility index (Phi) is 3.68. The number of nitrogens with zero attached hydrogens (tertiary/aromatic N) is 3. The van der Waals surface area contributed by atoms with Crippen LogP contribution >= 0.6 is 0 Å². The predicted octanol–water partition coefficient (Wildman–Crippen LogP) is 1.21. The van der Waals surface area contributed by atoms with E-state index in [4.69, 9.17) is 4.74 Å². The number of hydrogen-bond donors (Lipinski definition) is 0. The number of carbonyl (C=O) groups excluding carboxylic acids is 1. The van der Waals surface area contributed by atoms with Gasteiger partial charge in [-0.2, -0.15) is 0 Å². The lowest BCUT2D eigenvalue weighted by molar-refractivity contribution is -0.132. The third-order valence-corrected chi connectivity index (χ3v) is 3.03. The Morgan fingerprint density at radius 2 is 2.06 bits per heavy atom. The van der Waals surface area contributed by atoms with E-state index < -0.39 is 0 Å². The number of rotatable bonds is 2. The van der Waals surface area contributed by atoms with E-state index in [1.807, 2.05) is 0 Å².